The van der Waals surface area contributed by atoms with E-state index in [4.69, 9.17) is 5.11 Å². The molecule has 1 heterocycles. The van der Waals surface area contributed by atoms with Crippen LogP contribution in [0, 0.1) is 6.92 Å². The molecule has 2 N–H and O–H groups in total. The summed E-state index contributed by atoms with van der Waals surface area (Å²) in [5.41, 5.74) is 1.09. The molecule has 0 fully saturated rings. The summed E-state index contributed by atoms with van der Waals surface area (Å²) in [5, 5.41) is 10.6. The normalized spacial score (nSPS) is 12.2. The monoisotopic (exact) mass is 278 g/mol. The molecule has 1 rings (SSSR count). The van der Waals surface area contributed by atoms with E-state index in [2.05, 4.69) is 4.72 Å². The lowest BCUT2D eigenvalue weighted by atomic mass is 10.3. The number of thiophene rings is 1. The Labute approximate surface area is 106 Å². The molecule has 0 aromatic carbocycles. The Balaban J connectivity index is 2.52. The first-order chi connectivity index (χ1) is 7.97. The minimum Gasteiger partial charge on any atom is -0.396 e. The quantitative estimate of drug-likeness (QED) is 0.771. The first kappa shape index (κ1) is 14.6. The predicted octanol–water partition coefficient (Wildman–Crippen LogP) is 0.705. The van der Waals surface area contributed by atoms with Crippen LogP contribution in [0.3, 0.4) is 0 Å². The lowest BCUT2D eigenvalue weighted by Crippen LogP contribution is -2.38. The summed E-state index contributed by atoms with van der Waals surface area (Å²) in [7, 11) is -1.95. The Bertz CT molecular complexity index is 442. The molecule has 0 spiro atoms. The van der Waals surface area contributed by atoms with E-state index in [9.17, 15) is 8.42 Å². The van der Waals surface area contributed by atoms with Crippen LogP contribution in [0.15, 0.2) is 11.4 Å². The number of aliphatic hydroxyl groups is 1. The second-order valence-corrected chi connectivity index (χ2v) is 6.61. The maximum Gasteiger partial charge on any atom is 0.279 e. The van der Waals surface area contributed by atoms with E-state index in [0.29, 0.717) is 19.5 Å². The Kier molecular flexibility index (Phi) is 5.54. The van der Waals surface area contributed by atoms with E-state index in [0.717, 1.165) is 10.4 Å². The highest BCUT2D eigenvalue weighted by Crippen LogP contribution is 2.15. The van der Waals surface area contributed by atoms with Gasteiger partial charge in [-0.2, -0.15) is 17.4 Å². The number of rotatable bonds is 7. The first-order valence-corrected chi connectivity index (χ1v) is 7.64. The van der Waals surface area contributed by atoms with E-state index >= 15 is 0 Å². The van der Waals surface area contributed by atoms with Gasteiger partial charge in [0, 0.05) is 31.6 Å². The van der Waals surface area contributed by atoms with Crippen molar-refractivity contribution in [1.29, 1.82) is 0 Å². The molecule has 98 valence electrons. The van der Waals surface area contributed by atoms with Crippen LogP contribution in [0.4, 0.5) is 0 Å². The molecule has 1 aromatic rings. The van der Waals surface area contributed by atoms with E-state index in [-0.39, 0.29) is 6.61 Å². The zero-order valence-corrected chi connectivity index (χ0v) is 11.6. The molecule has 7 heteroatoms. The van der Waals surface area contributed by atoms with Crippen molar-refractivity contribution in [3.05, 3.63) is 21.9 Å². The van der Waals surface area contributed by atoms with Gasteiger partial charge in [0.25, 0.3) is 10.2 Å². The SMILES string of the molecule is Cc1ccsc1CNS(=O)(=O)N(C)CCCO. The van der Waals surface area contributed by atoms with E-state index in [1.54, 1.807) is 0 Å². The molecule has 0 aliphatic rings. The Morgan fingerprint density at radius 2 is 2.24 bits per heavy atom. The van der Waals surface area contributed by atoms with Crippen molar-refractivity contribution in [2.75, 3.05) is 20.2 Å². The van der Waals surface area contributed by atoms with Gasteiger partial charge in [-0.3, -0.25) is 0 Å². The van der Waals surface area contributed by atoms with Gasteiger partial charge >= 0.3 is 0 Å². The highest BCUT2D eigenvalue weighted by Gasteiger charge is 2.16. The van der Waals surface area contributed by atoms with Crippen LogP contribution in [0.1, 0.15) is 16.9 Å². The van der Waals surface area contributed by atoms with Crippen molar-refractivity contribution < 1.29 is 13.5 Å². The molecule has 0 aliphatic carbocycles. The maximum atomic E-state index is 11.8. The maximum absolute atomic E-state index is 11.8. The average molecular weight is 278 g/mol. The third-order valence-electron chi connectivity index (χ3n) is 2.42. The molecule has 1 aromatic heterocycles. The van der Waals surface area contributed by atoms with E-state index < -0.39 is 10.2 Å². The van der Waals surface area contributed by atoms with Gasteiger partial charge in [0.2, 0.25) is 0 Å². The summed E-state index contributed by atoms with van der Waals surface area (Å²) in [4.78, 5) is 1.02. The van der Waals surface area contributed by atoms with Crippen LogP contribution >= 0.6 is 11.3 Å². The zero-order chi connectivity index (χ0) is 12.9. The van der Waals surface area contributed by atoms with Crippen molar-refractivity contribution in [2.45, 2.75) is 19.9 Å². The standard InChI is InChI=1S/C10H18N2O3S2/c1-9-4-7-16-10(9)8-11-17(14,15)12(2)5-3-6-13/h4,7,11,13H,3,5-6,8H2,1-2H3. The van der Waals surface area contributed by atoms with Crippen molar-refractivity contribution in [3.8, 4) is 0 Å². The van der Waals surface area contributed by atoms with Gasteiger partial charge in [0.1, 0.15) is 0 Å². The van der Waals surface area contributed by atoms with Crippen LogP contribution in [0.25, 0.3) is 0 Å². The largest absolute Gasteiger partial charge is 0.396 e. The van der Waals surface area contributed by atoms with Crippen molar-refractivity contribution >= 4 is 21.5 Å². The number of aryl methyl sites for hydroxylation is 1. The summed E-state index contributed by atoms with van der Waals surface area (Å²) in [5.74, 6) is 0. The first-order valence-electron chi connectivity index (χ1n) is 5.32. The van der Waals surface area contributed by atoms with Crippen LogP contribution in [0.5, 0.6) is 0 Å². The zero-order valence-electron chi connectivity index (χ0n) is 10.0. The molecule has 5 nitrogen and oxygen atoms in total. The molecular weight excluding hydrogens is 260 g/mol. The lowest BCUT2D eigenvalue weighted by molar-refractivity contribution is 0.275. The fourth-order valence-corrected chi connectivity index (χ4v) is 3.12. The molecule has 0 unspecified atom stereocenters. The smallest absolute Gasteiger partial charge is 0.279 e. The van der Waals surface area contributed by atoms with Crippen LogP contribution < -0.4 is 4.72 Å². The number of hydrogen-bond acceptors (Lipinski definition) is 4. The summed E-state index contributed by atoms with van der Waals surface area (Å²) < 4.78 is 27.3. The molecule has 0 atom stereocenters. The fourth-order valence-electron chi connectivity index (χ4n) is 1.27. The highest BCUT2D eigenvalue weighted by atomic mass is 32.2. The summed E-state index contributed by atoms with van der Waals surface area (Å²) >= 11 is 1.53. The van der Waals surface area contributed by atoms with Gasteiger partial charge in [-0.15, -0.1) is 11.3 Å². The van der Waals surface area contributed by atoms with Crippen LogP contribution in [-0.2, 0) is 16.8 Å². The molecular formula is C10H18N2O3S2. The number of nitrogens with zero attached hydrogens (tertiary/aromatic N) is 1. The third-order valence-corrected chi connectivity index (χ3v) is 4.96. The van der Waals surface area contributed by atoms with E-state index in [1.165, 1.54) is 22.7 Å². The Hall–Kier alpha value is -0.470. The number of aliphatic hydroxyl groups excluding tert-OH is 1. The molecule has 0 aliphatic heterocycles. The van der Waals surface area contributed by atoms with Gasteiger partial charge < -0.3 is 5.11 Å². The molecule has 0 radical (unpaired) electrons. The second kappa shape index (κ2) is 6.46. The summed E-state index contributed by atoms with van der Waals surface area (Å²) in [6, 6.07) is 1.96. The van der Waals surface area contributed by atoms with Crippen molar-refractivity contribution in [3.63, 3.8) is 0 Å². The lowest BCUT2D eigenvalue weighted by Gasteiger charge is -2.16. The van der Waals surface area contributed by atoms with Crippen LogP contribution in [-0.4, -0.2) is 38.0 Å². The van der Waals surface area contributed by atoms with Crippen molar-refractivity contribution in [1.82, 2.24) is 9.03 Å². The Morgan fingerprint density at radius 1 is 1.53 bits per heavy atom. The van der Waals surface area contributed by atoms with Gasteiger partial charge in [-0.05, 0) is 30.4 Å². The van der Waals surface area contributed by atoms with Gasteiger partial charge in [0.05, 0.1) is 0 Å². The highest BCUT2D eigenvalue weighted by molar-refractivity contribution is 7.87. The van der Waals surface area contributed by atoms with Crippen LogP contribution in [0.2, 0.25) is 0 Å². The topological polar surface area (TPSA) is 69.6 Å². The van der Waals surface area contributed by atoms with E-state index in [1.807, 2.05) is 18.4 Å². The molecule has 17 heavy (non-hydrogen) atoms. The molecule has 0 amide bonds. The van der Waals surface area contributed by atoms with Crippen molar-refractivity contribution in [2.24, 2.45) is 0 Å². The Morgan fingerprint density at radius 3 is 2.76 bits per heavy atom. The molecule has 0 saturated carbocycles. The minimum atomic E-state index is -3.45. The summed E-state index contributed by atoms with van der Waals surface area (Å²) in [6.07, 6.45) is 0.440. The average Bonchev–Trinajstić information content (AvgIpc) is 2.69. The number of hydrogen-bond donors (Lipinski definition) is 2. The van der Waals surface area contributed by atoms with Gasteiger partial charge in [-0.1, -0.05) is 0 Å². The van der Waals surface area contributed by atoms with Gasteiger partial charge in [-0.25, -0.2) is 0 Å². The number of nitrogens with one attached hydrogen (secondary N) is 1. The second-order valence-electron chi connectivity index (χ2n) is 3.75. The molecule has 0 bridgehead atoms. The third kappa shape index (κ3) is 4.36. The minimum absolute atomic E-state index is 0.0100. The predicted molar refractivity (Wildman–Crippen MR) is 69.1 cm³/mol. The fraction of sp³-hybridized carbons (Fsp3) is 0.600. The molecule has 0 saturated heterocycles. The summed E-state index contributed by atoms with van der Waals surface area (Å²) in [6.45, 7) is 2.57. The van der Waals surface area contributed by atoms with Gasteiger partial charge in [0.15, 0.2) is 0 Å².